The van der Waals surface area contributed by atoms with Crippen LogP contribution in [0.2, 0.25) is 0 Å². The zero-order valence-electron chi connectivity index (χ0n) is 17.6. The fraction of sp³-hybridized carbons (Fsp3) is 0.304. The highest BCUT2D eigenvalue weighted by atomic mass is 16.5. The first-order valence-electron chi connectivity index (χ1n) is 9.74. The van der Waals surface area contributed by atoms with Gasteiger partial charge in [-0.3, -0.25) is 9.59 Å². The molecule has 3 rings (SSSR count). The topological polar surface area (TPSA) is 94.3 Å². The average Bonchev–Trinajstić information content (AvgIpc) is 2.96. The fourth-order valence-corrected chi connectivity index (χ4v) is 3.61. The Kier molecular flexibility index (Phi) is 6.12. The Balaban J connectivity index is 2.16. The predicted octanol–water partition coefficient (Wildman–Crippen LogP) is 0.0777. The molecule has 1 amide bonds. The number of methoxy groups -OCH3 is 1. The summed E-state index contributed by atoms with van der Waals surface area (Å²) >= 11 is 0. The zero-order valence-corrected chi connectivity index (χ0v) is 17.6. The number of carbonyl (C=O) groups is 2. The average molecular weight is 410 g/mol. The number of rotatable bonds is 6. The molecule has 7 heteroatoms. The number of Topliss-reactive ketones (excluding diaryl/α,β-unsaturated/α-hetero) is 1. The van der Waals surface area contributed by atoms with Crippen LogP contribution in [0.3, 0.4) is 0 Å². The van der Waals surface area contributed by atoms with E-state index in [4.69, 9.17) is 4.74 Å². The number of ether oxygens (including phenoxy) is 1. The highest BCUT2D eigenvalue weighted by Crippen LogP contribution is 2.39. The van der Waals surface area contributed by atoms with Gasteiger partial charge in [0.05, 0.1) is 40.3 Å². The van der Waals surface area contributed by atoms with E-state index in [1.807, 2.05) is 14.1 Å². The summed E-state index contributed by atoms with van der Waals surface area (Å²) < 4.78 is 5.19. The zero-order chi connectivity index (χ0) is 22.0. The highest BCUT2D eigenvalue weighted by Gasteiger charge is 2.44. The Morgan fingerprint density at radius 2 is 1.83 bits per heavy atom. The lowest BCUT2D eigenvalue weighted by Gasteiger charge is -2.28. The number of ketones is 1. The van der Waals surface area contributed by atoms with Crippen molar-refractivity contribution in [1.82, 2.24) is 4.90 Å². The number of likely N-dealkylation sites (N-methyl/N-ethyl adjacent to an activating group) is 1. The van der Waals surface area contributed by atoms with E-state index in [0.29, 0.717) is 35.5 Å². The molecule has 1 heterocycles. The molecule has 0 bridgehead atoms. The largest absolute Gasteiger partial charge is 0.872 e. The molecule has 0 radical (unpaired) electrons. The van der Waals surface area contributed by atoms with E-state index in [2.05, 4.69) is 0 Å². The van der Waals surface area contributed by atoms with Gasteiger partial charge in [0.1, 0.15) is 11.5 Å². The standard InChI is InChI=1S/C23H26N2O5/c1-14-13-17(30-4)9-10-18(14)21(27)19-20(15-5-7-16(26)8-6-15)25(12-11-24(2)3)23(29)22(19)28/h5-10,13,20,26-27H,11-12H2,1-4H3. The van der Waals surface area contributed by atoms with Crippen LogP contribution in [0.5, 0.6) is 11.5 Å². The van der Waals surface area contributed by atoms with Crippen LogP contribution in [0, 0.1) is 6.92 Å². The van der Waals surface area contributed by atoms with Crippen LogP contribution in [-0.2, 0) is 9.59 Å². The molecule has 7 nitrogen and oxygen atoms in total. The number of hydrogen-bond acceptors (Lipinski definition) is 5. The van der Waals surface area contributed by atoms with Crippen molar-refractivity contribution in [2.24, 2.45) is 0 Å². The molecule has 1 unspecified atom stereocenters. The summed E-state index contributed by atoms with van der Waals surface area (Å²) in [5.74, 6) is -1.25. The van der Waals surface area contributed by atoms with E-state index in [-0.39, 0.29) is 11.3 Å². The van der Waals surface area contributed by atoms with Crippen molar-refractivity contribution in [3.63, 3.8) is 0 Å². The van der Waals surface area contributed by atoms with Gasteiger partial charge >= 0.3 is 0 Å². The molecule has 1 atom stereocenters. The van der Waals surface area contributed by atoms with Crippen LogP contribution in [0.4, 0.5) is 0 Å². The lowest BCUT2D eigenvalue weighted by Crippen LogP contribution is -3.06. The number of quaternary nitrogens is 1. The molecule has 2 aromatic carbocycles. The van der Waals surface area contributed by atoms with Gasteiger partial charge in [-0.05, 0) is 47.9 Å². The normalized spacial score (nSPS) is 18.3. The number of aromatic hydroxyl groups is 1. The van der Waals surface area contributed by atoms with Crippen LogP contribution >= 0.6 is 0 Å². The van der Waals surface area contributed by atoms with Crippen LogP contribution in [0.1, 0.15) is 22.7 Å². The summed E-state index contributed by atoms with van der Waals surface area (Å²) in [6, 6.07) is 10.4. The summed E-state index contributed by atoms with van der Waals surface area (Å²) in [6.07, 6.45) is 0. The summed E-state index contributed by atoms with van der Waals surface area (Å²) in [4.78, 5) is 28.3. The van der Waals surface area contributed by atoms with E-state index in [0.717, 1.165) is 4.90 Å². The van der Waals surface area contributed by atoms with E-state index >= 15 is 0 Å². The summed E-state index contributed by atoms with van der Waals surface area (Å²) in [6.45, 7) is 2.72. The Morgan fingerprint density at radius 3 is 2.40 bits per heavy atom. The lowest BCUT2D eigenvalue weighted by atomic mass is 9.94. The van der Waals surface area contributed by atoms with Gasteiger partial charge in [0.2, 0.25) is 5.78 Å². The third-order valence-corrected chi connectivity index (χ3v) is 5.27. The predicted molar refractivity (Wildman–Crippen MR) is 110 cm³/mol. The Labute approximate surface area is 175 Å². The number of carbonyl (C=O) groups excluding carboxylic acids is 2. The van der Waals surface area contributed by atoms with Gasteiger partial charge in [-0.1, -0.05) is 24.0 Å². The van der Waals surface area contributed by atoms with Gasteiger partial charge in [0.15, 0.2) is 0 Å². The Bertz CT molecular complexity index is 995. The maximum Gasteiger partial charge on any atom is 0.295 e. The van der Waals surface area contributed by atoms with E-state index < -0.39 is 23.5 Å². The van der Waals surface area contributed by atoms with E-state index in [9.17, 15) is 19.8 Å². The van der Waals surface area contributed by atoms with E-state index in [1.165, 1.54) is 24.1 Å². The summed E-state index contributed by atoms with van der Waals surface area (Å²) in [7, 11) is 5.44. The van der Waals surface area contributed by atoms with Gasteiger partial charge in [-0.15, -0.1) is 0 Å². The van der Waals surface area contributed by atoms with Gasteiger partial charge in [0, 0.05) is 5.57 Å². The minimum absolute atomic E-state index is 0.0623. The smallest absolute Gasteiger partial charge is 0.295 e. The third kappa shape index (κ3) is 4.02. The van der Waals surface area contributed by atoms with Crippen LogP contribution in [-0.4, -0.2) is 56.0 Å². The molecule has 0 spiro atoms. The molecular formula is C23H26N2O5. The molecule has 2 N–H and O–H groups in total. The number of phenols is 1. The number of aryl methyl sites for hydroxylation is 1. The molecule has 1 fully saturated rings. The van der Waals surface area contributed by atoms with Gasteiger partial charge in [-0.25, -0.2) is 0 Å². The number of nitrogens with zero attached hydrogens (tertiary/aromatic N) is 1. The van der Waals surface area contributed by atoms with Crippen molar-refractivity contribution >= 4 is 17.4 Å². The number of amides is 1. The first-order chi connectivity index (χ1) is 14.2. The molecule has 0 aliphatic carbocycles. The third-order valence-electron chi connectivity index (χ3n) is 5.27. The van der Waals surface area contributed by atoms with E-state index in [1.54, 1.807) is 37.3 Å². The Hall–Kier alpha value is -3.32. The molecule has 1 aliphatic heterocycles. The second-order valence-electron chi connectivity index (χ2n) is 7.70. The maximum absolute atomic E-state index is 13.4. The molecule has 0 saturated carbocycles. The lowest BCUT2D eigenvalue weighted by molar-refractivity contribution is -0.857. The van der Waals surface area contributed by atoms with Crippen molar-refractivity contribution in [3.8, 4) is 11.5 Å². The van der Waals surface area contributed by atoms with Crippen molar-refractivity contribution in [3.05, 3.63) is 64.7 Å². The number of benzene rings is 2. The fourth-order valence-electron chi connectivity index (χ4n) is 3.61. The molecule has 158 valence electrons. The van der Waals surface area contributed by atoms with Crippen molar-refractivity contribution in [1.29, 1.82) is 0 Å². The first kappa shape index (κ1) is 21.4. The molecule has 2 aromatic rings. The van der Waals surface area contributed by atoms with Crippen LogP contribution in [0.25, 0.3) is 5.76 Å². The molecule has 0 aromatic heterocycles. The van der Waals surface area contributed by atoms with Gasteiger partial charge in [-0.2, -0.15) is 0 Å². The second kappa shape index (κ2) is 8.59. The minimum atomic E-state index is -0.793. The Morgan fingerprint density at radius 1 is 1.17 bits per heavy atom. The molecular weight excluding hydrogens is 384 g/mol. The molecule has 30 heavy (non-hydrogen) atoms. The maximum atomic E-state index is 13.4. The van der Waals surface area contributed by atoms with Gasteiger partial charge in [0.25, 0.3) is 5.91 Å². The molecule has 1 saturated heterocycles. The van der Waals surface area contributed by atoms with Crippen LogP contribution in [0.15, 0.2) is 48.0 Å². The summed E-state index contributed by atoms with van der Waals surface area (Å²) in [5, 5.41) is 23.1. The number of likely N-dealkylation sites (tertiary alicyclic amines) is 1. The molecule has 1 aliphatic rings. The monoisotopic (exact) mass is 410 g/mol. The van der Waals surface area contributed by atoms with Crippen molar-refractivity contribution in [2.45, 2.75) is 13.0 Å². The van der Waals surface area contributed by atoms with Crippen molar-refractivity contribution < 1.29 is 29.4 Å². The van der Waals surface area contributed by atoms with Gasteiger partial charge < -0.3 is 24.7 Å². The number of hydrogen-bond donors (Lipinski definition) is 2. The van der Waals surface area contributed by atoms with Crippen molar-refractivity contribution in [2.75, 3.05) is 34.3 Å². The number of phenolic OH excluding ortho intramolecular Hbond substituents is 1. The summed E-state index contributed by atoms with van der Waals surface area (Å²) in [5.41, 5.74) is 1.56. The second-order valence-corrected chi connectivity index (χ2v) is 7.70. The SMILES string of the molecule is COc1ccc(C([O-])=C2C(=O)C(=O)N(CC[NH+](C)C)C2c2ccc(O)cc2)c(C)c1. The minimum Gasteiger partial charge on any atom is -0.872 e. The van der Waals surface area contributed by atoms with Crippen LogP contribution < -0.4 is 14.7 Å². The number of nitrogens with one attached hydrogen (secondary N) is 1. The first-order valence-corrected chi connectivity index (χ1v) is 9.74. The highest BCUT2D eigenvalue weighted by molar-refractivity contribution is 6.46. The quantitative estimate of drug-likeness (QED) is 0.400.